The first kappa shape index (κ1) is 14.7. The van der Waals surface area contributed by atoms with E-state index in [4.69, 9.17) is 0 Å². The van der Waals surface area contributed by atoms with Crippen molar-refractivity contribution in [1.29, 1.82) is 0 Å². The first-order valence-electron chi connectivity index (χ1n) is 6.22. The van der Waals surface area contributed by atoms with Crippen LogP contribution in [0.25, 0.3) is 0 Å². The summed E-state index contributed by atoms with van der Waals surface area (Å²) in [6.07, 6.45) is 5.46. The number of Topliss-reactive ketones (excluding diaryl/α,β-unsaturated/α-hetero) is 1. The maximum Gasteiger partial charge on any atom is 0.184 e. The summed E-state index contributed by atoms with van der Waals surface area (Å²) in [5.41, 5.74) is 0.419. The summed E-state index contributed by atoms with van der Waals surface area (Å²) in [5.74, 6) is -0.261. The number of nitrogens with zero attached hydrogens (tertiary/aromatic N) is 1. The summed E-state index contributed by atoms with van der Waals surface area (Å²) in [5, 5.41) is -0.384. The van der Waals surface area contributed by atoms with E-state index >= 15 is 0 Å². The Morgan fingerprint density at radius 2 is 2.11 bits per heavy atom. The Bertz CT molecular complexity index is 568. The summed E-state index contributed by atoms with van der Waals surface area (Å²) in [4.78, 5) is 16.4. The van der Waals surface area contributed by atoms with E-state index in [2.05, 4.69) is 20.9 Å². The second kappa shape index (κ2) is 5.71. The molecule has 1 aliphatic carbocycles. The highest BCUT2D eigenvalue weighted by atomic mass is 79.9. The number of hydrogen-bond donors (Lipinski definition) is 0. The molecule has 1 aliphatic rings. The second-order valence-electron chi connectivity index (χ2n) is 5.04. The van der Waals surface area contributed by atoms with Gasteiger partial charge in [-0.2, -0.15) is 0 Å². The zero-order chi connectivity index (χ0) is 14.0. The molecule has 1 heterocycles. The van der Waals surface area contributed by atoms with Gasteiger partial charge in [-0.25, -0.2) is 8.42 Å². The second-order valence-corrected chi connectivity index (χ2v) is 8.28. The Morgan fingerprint density at radius 3 is 2.68 bits per heavy atom. The fourth-order valence-electron chi connectivity index (χ4n) is 2.50. The summed E-state index contributed by atoms with van der Waals surface area (Å²) in [7, 11) is -3.06. The minimum atomic E-state index is -3.06. The van der Waals surface area contributed by atoms with Gasteiger partial charge < -0.3 is 0 Å². The molecule has 1 saturated carbocycles. The van der Waals surface area contributed by atoms with Crippen LogP contribution in [0.2, 0.25) is 0 Å². The van der Waals surface area contributed by atoms with E-state index in [1.807, 2.05) is 0 Å². The van der Waals surface area contributed by atoms with Crippen molar-refractivity contribution in [2.24, 2.45) is 5.92 Å². The highest BCUT2D eigenvalue weighted by Crippen LogP contribution is 2.30. The molecule has 1 fully saturated rings. The average molecular weight is 346 g/mol. The third kappa shape index (κ3) is 3.63. The topological polar surface area (TPSA) is 64.1 Å². The van der Waals surface area contributed by atoms with E-state index in [1.165, 1.54) is 6.26 Å². The third-order valence-corrected chi connectivity index (χ3v) is 5.69. The number of rotatable bonds is 3. The normalized spacial score (nSPS) is 24.1. The molecule has 19 heavy (non-hydrogen) atoms. The van der Waals surface area contributed by atoms with E-state index in [1.54, 1.807) is 18.3 Å². The third-order valence-electron chi connectivity index (χ3n) is 3.58. The molecule has 2 rings (SSSR count). The van der Waals surface area contributed by atoms with Gasteiger partial charge in [0.1, 0.15) is 15.5 Å². The molecule has 0 N–H and O–H groups in total. The summed E-state index contributed by atoms with van der Waals surface area (Å²) >= 11 is 3.27. The van der Waals surface area contributed by atoms with Crippen LogP contribution in [0.4, 0.5) is 0 Å². The summed E-state index contributed by atoms with van der Waals surface area (Å²) < 4.78 is 24.0. The van der Waals surface area contributed by atoms with Crippen molar-refractivity contribution in [3.8, 4) is 0 Å². The van der Waals surface area contributed by atoms with Crippen LogP contribution >= 0.6 is 15.9 Å². The molecule has 0 saturated heterocycles. The fraction of sp³-hybridized carbons (Fsp3) is 0.538. The first-order valence-corrected chi connectivity index (χ1v) is 8.97. The maximum atomic E-state index is 12.3. The minimum Gasteiger partial charge on any atom is -0.292 e. The van der Waals surface area contributed by atoms with Crippen molar-refractivity contribution in [3.63, 3.8) is 0 Å². The van der Waals surface area contributed by atoms with Crippen molar-refractivity contribution < 1.29 is 13.2 Å². The van der Waals surface area contributed by atoms with Crippen LogP contribution < -0.4 is 0 Å². The van der Waals surface area contributed by atoms with Gasteiger partial charge in [0.2, 0.25) is 0 Å². The SMILES string of the molecule is CS(=O)(=O)C1CCCC(C(=O)c2ccc(Br)cn2)C1. The molecular weight excluding hydrogens is 330 g/mol. The molecule has 0 amide bonds. The zero-order valence-electron chi connectivity index (χ0n) is 10.7. The number of sulfone groups is 1. The molecule has 0 spiro atoms. The number of carbonyl (C=O) groups excluding carboxylic acids is 1. The molecule has 1 aromatic rings. The average Bonchev–Trinajstić information content (AvgIpc) is 2.38. The van der Waals surface area contributed by atoms with E-state index in [-0.39, 0.29) is 17.0 Å². The molecule has 0 bridgehead atoms. The fourth-order valence-corrected chi connectivity index (χ4v) is 3.91. The van der Waals surface area contributed by atoms with Crippen LogP contribution in [0.1, 0.15) is 36.2 Å². The van der Waals surface area contributed by atoms with Crippen molar-refractivity contribution in [2.45, 2.75) is 30.9 Å². The predicted molar refractivity (Wildman–Crippen MR) is 76.9 cm³/mol. The van der Waals surface area contributed by atoms with E-state index in [0.29, 0.717) is 18.5 Å². The quantitative estimate of drug-likeness (QED) is 0.790. The van der Waals surface area contributed by atoms with E-state index in [9.17, 15) is 13.2 Å². The first-order chi connectivity index (χ1) is 8.88. The number of carbonyl (C=O) groups is 1. The van der Waals surface area contributed by atoms with Gasteiger partial charge in [-0.3, -0.25) is 9.78 Å². The van der Waals surface area contributed by atoms with Crippen LogP contribution in [-0.4, -0.2) is 30.7 Å². The van der Waals surface area contributed by atoms with Crippen molar-refractivity contribution >= 4 is 31.6 Å². The Hall–Kier alpha value is -0.750. The number of hydrogen-bond acceptors (Lipinski definition) is 4. The highest BCUT2D eigenvalue weighted by Gasteiger charge is 2.33. The van der Waals surface area contributed by atoms with Crippen LogP contribution in [0.15, 0.2) is 22.8 Å². The van der Waals surface area contributed by atoms with Gasteiger partial charge in [0.05, 0.1) is 5.25 Å². The largest absolute Gasteiger partial charge is 0.292 e. The smallest absolute Gasteiger partial charge is 0.184 e. The molecule has 6 heteroatoms. The van der Waals surface area contributed by atoms with Gasteiger partial charge >= 0.3 is 0 Å². The van der Waals surface area contributed by atoms with Gasteiger partial charge in [-0.1, -0.05) is 6.42 Å². The number of pyridine rings is 1. The zero-order valence-corrected chi connectivity index (χ0v) is 13.1. The van der Waals surface area contributed by atoms with Crippen LogP contribution in [0, 0.1) is 5.92 Å². The lowest BCUT2D eigenvalue weighted by Crippen LogP contribution is -2.31. The Balaban J connectivity index is 2.13. The summed E-state index contributed by atoms with van der Waals surface area (Å²) in [6, 6.07) is 3.45. The molecule has 0 aromatic carbocycles. The number of halogens is 1. The monoisotopic (exact) mass is 345 g/mol. The van der Waals surface area contributed by atoms with Crippen LogP contribution in [-0.2, 0) is 9.84 Å². The predicted octanol–water partition coefficient (Wildman–Crippen LogP) is 2.63. The lowest BCUT2D eigenvalue weighted by atomic mass is 9.85. The van der Waals surface area contributed by atoms with Crippen molar-refractivity contribution in [1.82, 2.24) is 4.98 Å². The standard InChI is InChI=1S/C13H16BrNO3S/c1-19(17,18)11-4-2-3-9(7-11)13(16)12-6-5-10(14)8-15-12/h5-6,8-9,11H,2-4,7H2,1H3. The molecule has 2 unspecified atom stereocenters. The molecule has 4 nitrogen and oxygen atoms in total. The van der Waals surface area contributed by atoms with Gasteiger partial charge in [0, 0.05) is 22.8 Å². The molecule has 104 valence electrons. The summed E-state index contributed by atoms with van der Waals surface area (Å²) in [6.45, 7) is 0. The molecule has 2 atom stereocenters. The lowest BCUT2D eigenvalue weighted by Gasteiger charge is -2.26. The number of aromatic nitrogens is 1. The highest BCUT2D eigenvalue weighted by molar-refractivity contribution is 9.10. The molecule has 0 aliphatic heterocycles. The van der Waals surface area contributed by atoms with E-state index < -0.39 is 9.84 Å². The van der Waals surface area contributed by atoms with Gasteiger partial charge in [-0.15, -0.1) is 0 Å². The van der Waals surface area contributed by atoms with Crippen molar-refractivity contribution in [2.75, 3.05) is 6.26 Å². The Kier molecular flexibility index (Phi) is 4.40. The molecular formula is C13H16BrNO3S. The van der Waals surface area contributed by atoms with E-state index in [0.717, 1.165) is 17.3 Å². The maximum absolute atomic E-state index is 12.3. The van der Waals surface area contributed by atoms with Crippen LogP contribution in [0.3, 0.4) is 0 Å². The van der Waals surface area contributed by atoms with Gasteiger partial charge in [0.25, 0.3) is 0 Å². The van der Waals surface area contributed by atoms with Crippen LogP contribution in [0.5, 0.6) is 0 Å². The number of ketones is 1. The van der Waals surface area contributed by atoms with Gasteiger partial charge in [0.15, 0.2) is 5.78 Å². The Labute approximate surface area is 121 Å². The lowest BCUT2D eigenvalue weighted by molar-refractivity contribution is 0.0885. The van der Waals surface area contributed by atoms with Gasteiger partial charge in [-0.05, 0) is 47.3 Å². The molecule has 0 radical (unpaired) electrons. The molecule has 1 aromatic heterocycles. The van der Waals surface area contributed by atoms with Crippen molar-refractivity contribution in [3.05, 3.63) is 28.5 Å². The minimum absolute atomic E-state index is 0.0409. The Morgan fingerprint density at radius 1 is 1.37 bits per heavy atom.